The van der Waals surface area contributed by atoms with Crippen molar-refractivity contribution in [1.29, 1.82) is 0 Å². The number of hydrogen-bond acceptors (Lipinski definition) is 8. The average Bonchev–Trinajstić information content (AvgIpc) is 2.69. The Morgan fingerprint density at radius 1 is 1.04 bits per heavy atom. The molecular weight excluding hydrogens is 388 g/mol. The Labute approximate surface area is 165 Å². The van der Waals surface area contributed by atoms with Crippen molar-refractivity contribution in [2.75, 3.05) is 19.5 Å². The smallest absolute Gasteiger partial charge is 0.373 e. The Morgan fingerprint density at radius 3 is 2.39 bits per heavy atom. The summed E-state index contributed by atoms with van der Waals surface area (Å²) in [6.45, 7) is 0. The molecule has 2 aromatic carbocycles. The van der Waals surface area contributed by atoms with E-state index in [-0.39, 0.29) is 11.7 Å². The van der Waals surface area contributed by atoms with Gasteiger partial charge in [0.2, 0.25) is 5.82 Å². The Balaban J connectivity index is 1.97. The molecule has 0 aliphatic carbocycles. The molecule has 3 aromatic rings. The van der Waals surface area contributed by atoms with Gasteiger partial charge in [-0.15, -0.1) is 0 Å². The number of methoxy groups -OCH3 is 2. The standard InChI is InChI=1S/C18H15ClN4O5/c1-26-12-4-6-13(7-5-12)28-18-16(23(24)25)17(20-10-21-18)22-14-9-11(19)3-8-15(14)27-2/h3-10H,1-2H3,(H,20,21,22). The number of benzene rings is 2. The first kappa shape index (κ1) is 19.2. The van der Waals surface area contributed by atoms with Crippen molar-refractivity contribution in [3.05, 3.63) is 63.9 Å². The van der Waals surface area contributed by atoms with E-state index in [1.54, 1.807) is 42.5 Å². The van der Waals surface area contributed by atoms with Crippen LogP contribution < -0.4 is 19.5 Å². The number of ether oxygens (including phenoxy) is 3. The van der Waals surface area contributed by atoms with E-state index in [2.05, 4.69) is 15.3 Å². The van der Waals surface area contributed by atoms with Crippen LogP contribution in [0.5, 0.6) is 23.1 Å². The van der Waals surface area contributed by atoms with Crippen LogP contribution in [0.25, 0.3) is 0 Å². The van der Waals surface area contributed by atoms with Crippen LogP contribution >= 0.6 is 11.6 Å². The van der Waals surface area contributed by atoms with Gasteiger partial charge in [-0.25, -0.2) is 4.98 Å². The number of halogens is 1. The van der Waals surface area contributed by atoms with Gasteiger partial charge < -0.3 is 19.5 Å². The fourth-order valence-corrected chi connectivity index (χ4v) is 2.53. The van der Waals surface area contributed by atoms with Gasteiger partial charge in [0.15, 0.2) is 0 Å². The average molecular weight is 403 g/mol. The number of hydrogen-bond donors (Lipinski definition) is 1. The summed E-state index contributed by atoms with van der Waals surface area (Å²) in [7, 11) is 3.01. The van der Waals surface area contributed by atoms with Crippen LogP contribution in [0.3, 0.4) is 0 Å². The molecule has 0 aliphatic heterocycles. The maximum Gasteiger partial charge on any atom is 0.373 e. The summed E-state index contributed by atoms with van der Waals surface area (Å²) in [5, 5.41) is 15.0. The van der Waals surface area contributed by atoms with Crippen LogP contribution in [0.2, 0.25) is 5.02 Å². The second-order valence-corrected chi connectivity index (χ2v) is 5.82. The van der Waals surface area contributed by atoms with E-state index in [1.165, 1.54) is 14.2 Å². The molecule has 0 unspecified atom stereocenters. The van der Waals surface area contributed by atoms with Crippen LogP contribution in [0.1, 0.15) is 0 Å². The predicted molar refractivity (Wildman–Crippen MR) is 103 cm³/mol. The Morgan fingerprint density at radius 2 is 1.75 bits per heavy atom. The number of aromatic nitrogens is 2. The first-order valence-corrected chi connectivity index (χ1v) is 8.31. The molecule has 1 N–H and O–H groups in total. The van der Waals surface area contributed by atoms with E-state index in [0.717, 1.165) is 6.33 Å². The molecule has 0 saturated carbocycles. The highest BCUT2D eigenvalue weighted by Crippen LogP contribution is 2.38. The summed E-state index contributed by atoms with van der Waals surface area (Å²) in [5.41, 5.74) is -0.0208. The molecule has 0 fully saturated rings. The third-order valence-electron chi connectivity index (χ3n) is 3.66. The zero-order valence-electron chi connectivity index (χ0n) is 14.9. The zero-order chi connectivity index (χ0) is 20.1. The van der Waals surface area contributed by atoms with Crippen molar-refractivity contribution in [3.63, 3.8) is 0 Å². The molecule has 1 heterocycles. The number of rotatable bonds is 7. The molecular formula is C18H15ClN4O5. The number of nitrogens with one attached hydrogen (secondary N) is 1. The van der Waals surface area contributed by atoms with E-state index in [4.69, 9.17) is 25.8 Å². The van der Waals surface area contributed by atoms with E-state index in [0.29, 0.717) is 28.0 Å². The molecule has 28 heavy (non-hydrogen) atoms. The van der Waals surface area contributed by atoms with Gasteiger partial charge in [-0.3, -0.25) is 10.1 Å². The van der Waals surface area contributed by atoms with E-state index in [9.17, 15) is 10.1 Å². The summed E-state index contributed by atoms with van der Waals surface area (Å²) in [4.78, 5) is 18.9. The first-order chi connectivity index (χ1) is 13.5. The molecule has 0 atom stereocenters. The molecule has 144 valence electrons. The Hall–Kier alpha value is -3.59. The molecule has 1 aromatic heterocycles. The SMILES string of the molecule is COc1ccc(Oc2ncnc(Nc3cc(Cl)ccc3OC)c2[N+](=O)[O-])cc1. The topological polar surface area (TPSA) is 109 Å². The highest BCUT2D eigenvalue weighted by atomic mass is 35.5. The Bertz CT molecular complexity index is 998. The Kier molecular flexibility index (Phi) is 5.75. The predicted octanol–water partition coefficient (Wildman–Crippen LogP) is 4.59. The van der Waals surface area contributed by atoms with Crippen molar-refractivity contribution < 1.29 is 19.1 Å². The van der Waals surface area contributed by atoms with Gasteiger partial charge in [0.05, 0.1) is 24.8 Å². The van der Waals surface area contributed by atoms with Gasteiger partial charge in [-0.2, -0.15) is 4.98 Å². The quantitative estimate of drug-likeness (QED) is 0.451. The second-order valence-electron chi connectivity index (χ2n) is 5.38. The van der Waals surface area contributed by atoms with Crippen molar-refractivity contribution in [1.82, 2.24) is 9.97 Å². The van der Waals surface area contributed by atoms with Crippen LogP contribution in [0.4, 0.5) is 17.2 Å². The second kappa shape index (κ2) is 8.40. The lowest BCUT2D eigenvalue weighted by atomic mass is 10.3. The van der Waals surface area contributed by atoms with Gasteiger partial charge in [-0.05, 0) is 42.5 Å². The van der Waals surface area contributed by atoms with Gasteiger partial charge in [-0.1, -0.05) is 11.6 Å². The molecule has 0 saturated heterocycles. The summed E-state index contributed by atoms with van der Waals surface area (Å²) in [6, 6.07) is 11.4. The summed E-state index contributed by atoms with van der Waals surface area (Å²) < 4.78 is 15.9. The molecule has 0 spiro atoms. The maximum atomic E-state index is 11.7. The lowest BCUT2D eigenvalue weighted by Gasteiger charge is -2.12. The fourth-order valence-electron chi connectivity index (χ4n) is 2.35. The molecule has 10 heteroatoms. The summed E-state index contributed by atoms with van der Waals surface area (Å²) >= 11 is 6.01. The number of nitro groups is 1. The van der Waals surface area contributed by atoms with Crippen molar-refractivity contribution >= 4 is 28.8 Å². The van der Waals surface area contributed by atoms with Crippen molar-refractivity contribution in [3.8, 4) is 23.1 Å². The third kappa shape index (κ3) is 4.21. The normalized spacial score (nSPS) is 10.2. The highest BCUT2D eigenvalue weighted by molar-refractivity contribution is 6.31. The van der Waals surface area contributed by atoms with Crippen molar-refractivity contribution in [2.45, 2.75) is 0 Å². The minimum absolute atomic E-state index is 0.0657. The van der Waals surface area contributed by atoms with Crippen LogP contribution in [0, 0.1) is 10.1 Å². The lowest BCUT2D eigenvalue weighted by Crippen LogP contribution is -2.04. The first-order valence-electron chi connectivity index (χ1n) is 7.93. The monoisotopic (exact) mass is 402 g/mol. The molecule has 0 radical (unpaired) electrons. The fraction of sp³-hybridized carbons (Fsp3) is 0.111. The maximum absolute atomic E-state index is 11.7. The van der Waals surface area contributed by atoms with E-state index < -0.39 is 10.6 Å². The highest BCUT2D eigenvalue weighted by Gasteiger charge is 2.26. The summed E-state index contributed by atoms with van der Waals surface area (Å²) in [5.74, 6) is 1.14. The molecule has 3 rings (SSSR count). The molecule has 9 nitrogen and oxygen atoms in total. The lowest BCUT2D eigenvalue weighted by molar-refractivity contribution is -0.385. The van der Waals surface area contributed by atoms with E-state index >= 15 is 0 Å². The molecule has 0 bridgehead atoms. The number of anilines is 2. The van der Waals surface area contributed by atoms with E-state index in [1.807, 2.05) is 0 Å². The number of nitrogens with zero attached hydrogens (tertiary/aromatic N) is 3. The minimum atomic E-state index is -0.627. The zero-order valence-corrected chi connectivity index (χ0v) is 15.6. The third-order valence-corrected chi connectivity index (χ3v) is 3.89. The van der Waals surface area contributed by atoms with Crippen molar-refractivity contribution in [2.24, 2.45) is 0 Å². The van der Waals surface area contributed by atoms with Crippen LogP contribution in [-0.4, -0.2) is 29.1 Å². The van der Waals surface area contributed by atoms with Gasteiger partial charge in [0, 0.05) is 5.02 Å². The largest absolute Gasteiger partial charge is 0.497 e. The van der Waals surface area contributed by atoms with Gasteiger partial charge in [0.25, 0.3) is 0 Å². The molecule has 0 aliphatic rings. The van der Waals surface area contributed by atoms with Crippen LogP contribution in [-0.2, 0) is 0 Å². The summed E-state index contributed by atoms with van der Waals surface area (Å²) in [6.07, 6.45) is 1.16. The van der Waals surface area contributed by atoms with Crippen LogP contribution in [0.15, 0.2) is 48.8 Å². The van der Waals surface area contributed by atoms with Gasteiger partial charge >= 0.3 is 11.6 Å². The minimum Gasteiger partial charge on any atom is -0.497 e. The molecule has 0 amide bonds. The van der Waals surface area contributed by atoms with Gasteiger partial charge in [0.1, 0.15) is 23.6 Å².